The Labute approximate surface area is 106 Å². The molecule has 0 aliphatic carbocycles. The number of alkyl halides is 4. The van der Waals surface area contributed by atoms with Crippen molar-refractivity contribution in [1.82, 2.24) is 3.11 Å². The van der Waals surface area contributed by atoms with E-state index in [-0.39, 0.29) is 0 Å². The van der Waals surface area contributed by atoms with Gasteiger partial charge in [-0.15, -0.1) is 0 Å². The van der Waals surface area contributed by atoms with Crippen LogP contribution in [-0.4, -0.2) is 37.0 Å². The van der Waals surface area contributed by atoms with Crippen molar-refractivity contribution >= 4 is 0 Å². The van der Waals surface area contributed by atoms with Gasteiger partial charge in [-0.3, -0.25) is 0 Å². The van der Waals surface area contributed by atoms with Gasteiger partial charge in [0.1, 0.15) is 0 Å². The first-order chi connectivity index (χ1) is 7.18. The minimum atomic E-state index is -4.57. The molecule has 0 saturated carbocycles. The van der Waals surface area contributed by atoms with E-state index < -0.39 is 39.3 Å². The zero-order chi connectivity index (χ0) is 13.0. The molecule has 0 aromatic heterocycles. The first kappa shape index (κ1) is 16.4. The van der Waals surface area contributed by atoms with E-state index in [1.165, 1.54) is 6.92 Å². The molecule has 2 atom stereocenters. The van der Waals surface area contributed by atoms with Gasteiger partial charge in [0, 0.05) is 0 Å². The molecular formula is C10H20F3INO-. The van der Waals surface area contributed by atoms with Crippen LogP contribution in [0.1, 0.15) is 34.1 Å². The summed E-state index contributed by atoms with van der Waals surface area (Å²) in [5, 5.41) is 9.57. The van der Waals surface area contributed by atoms with Gasteiger partial charge in [0.2, 0.25) is 0 Å². The molecule has 0 amide bonds. The van der Waals surface area contributed by atoms with E-state index in [4.69, 9.17) is 0 Å². The number of aliphatic hydroxyl groups is 1. The average molecular weight is 354 g/mol. The molecule has 0 heterocycles. The molecule has 6 heteroatoms. The molecule has 1 N–H and O–H groups in total. The molecule has 0 radical (unpaired) electrons. The van der Waals surface area contributed by atoms with E-state index in [0.717, 1.165) is 17.8 Å². The second-order valence-corrected chi connectivity index (χ2v) is 6.85. The summed E-state index contributed by atoms with van der Waals surface area (Å²) in [6.45, 7) is 6.71. The van der Waals surface area contributed by atoms with E-state index in [9.17, 15) is 18.3 Å². The number of halogens is 4. The fourth-order valence-corrected chi connectivity index (χ4v) is 3.88. The van der Waals surface area contributed by atoms with Gasteiger partial charge in [-0.1, -0.05) is 0 Å². The van der Waals surface area contributed by atoms with Crippen molar-refractivity contribution in [3.05, 3.63) is 0 Å². The second kappa shape index (κ2) is 6.39. The van der Waals surface area contributed by atoms with Crippen molar-refractivity contribution in [2.45, 2.75) is 51.9 Å². The Bertz CT molecular complexity index is 209. The quantitative estimate of drug-likeness (QED) is 0.392. The Balaban J connectivity index is 4.66. The number of rotatable bonds is 6. The summed E-state index contributed by atoms with van der Waals surface area (Å²) >= 11 is -0.422. The summed E-state index contributed by atoms with van der Waals surface area (Å²) in [7, 11) is 0. The van der Waals surface area contributed by atoms with Crippen molar-refractivity contribution in [2.75, 3.05) is 11.0 Å². The predicted molar refractivity (Wildman–Crippen MR) is 53.7 cm³/mol. The van der Waals surface area contributed by atoms with Gasteiger partial charge >= 0.3 is 106 Å². The maximum absolute atomic E-state index is 12.6. The Morgan fingerprint density at radius 1 is 1.31 bits per heavy atom. The first-order valence-corrected chi connectivity index (χ1v) is 7.82. The van der Waals surface area contributed by atoms with Crippen molar-refractivity contribution in [3.63, 3.8) is 0 Å². The number of hydrogen-bond donors (Lipinski definition) is 1. The SMILES string of the molecule is CCC[I-]N(CC)C(C)C(C)(O)C(F)(F)F. The molecule has 16 heavy (non-hydrogen) atoms. The normalized spacial score (nSPS) is 18.8. The van der Waals surface area contributed by atoms with Crippen molar-refractivity contribution in [1.29, 1.82) is 0 Å². The van der Waals surface area contributed by atoms with Crippen LogP contribution in [-0.2, 0) is 0 Å². The van der Waals surface area contributed by atoms with Crippen LogP contribution in [0, 0.1) is 0 Å². The van der Waals surface area contributed by atoms with Gasteiger partial charge < -0.3 is 0 Å². The minimum absolute atomic E-state index is 0.422. The van der Waals surface area contributed by atoms with Crippen LogP contribution in [0.25, 0.3) is 0 Å². The molecule has 0 fully saturated rings. The molecule has 0 bridgehead atoms. The van der Waals surface area contributed by atoms with Gasteiger partial charge in [-0.05, 0) is 0 Å². The summed E-state index contributed by atoms with van der Waals surface area (Å²) < 4.78 is 40.6. The van der Waals surface area contributed by atoms with Gasteiger partial charge in [0.05, 0.1) is 0 Å². The Morgan fingerprint density at radius 3 is 2.12 bits per heavy atom. The molecule has 0 aromatic carbocycles. The van der Waals surface area contributed by atoms with Crippen LogP contribution < -0.4 is 21.5 Å². The zero-order valence-corrected chi connectivity index (χ0v) is 12.3. The predicted octanol–water partition coefficient (Wildman–Crippen LogP) is -0.576. The van der Waals surface area contributed by atoms with E-state index in [2.05, 4.69) is 0 Å². The van der Waals surface area contributed by atoms with Gasteiger partial charge in [-0.25, -0.2) is 0 Å². The third-order valence-electron chi connectivity index (χ3n) is 2.54. The number of nitrogens with zero attached hydrogens (tertiary/aromatic N) is 1. The standard InChI is InChI=1S/C10H20F3INO/c1-5-7-14-15(6-2)8(3)9(4,16)10(11,12)13/h8,16H,5-7H2,1-4H3/q-1. The zero-order valence-electron chi connectivity index (χ0n) is 10.1. The van der Waals surface area contributed by atoms with Gasteiger partial charge in [0.15, 0.2) is 0 Å². The topological polar surface area (TPSA) is 23.5 Å². The summed E-state index contributed by atoms with van der Waals surface area (Å²) in [5.41, 5.74) is -2.63. The fraction of sp³-hybridized carbons (Fsp3) is 1.00. The van der Waals surface area contributed by atoms with E-state index in [0.29, 0.717) is 6.54 Å². The summed E-state index contributed by atoms with van der Waals surface area (Å²) in [4.78, 5) is 0. The Hall–Kier alpha value is 0.440. The van der Waals surface area contributed by atoms with Gasteiger partial charge in [-0.2, -0.15) is 0 Å². The summed E-state index contributed by atoms with van der Waals surface area (Å²) in [5.74, 6) is 0. The first-order valence-electron chi connectivity index (χ1n) is 5.33. The van der Waals surface area contributed by atoms with Crippen LogP contribution in [0.5, 0.6) is 0 Å². The van der Waals surface area contributed by atoms with Crippen molar-refractivity contribution in [3.8, 4) is 0 Å². The monoisotopic (exact) mass is 354 g/mol. The Kier molecular flexibility index (Phi) is 6.57. The third kappa shape index (κ3) is 4.03. The average Bonchev–Trinajstić information content (AvgIpc) is 2.16. The fourth-order valence-electron chi connectivity index (χ4n) is 1.16. The molecular weight excluding hydrogens is 334 g/mol. The molecule has 100 valence electrons. The van der Waals surface area contributed by atoms with Crippen LogP contribution in [0.2, 0.25) is 0 Å². The van der Waals surface area contributed by atoms with Crippen LogP contribution in [0.15, 0.2) is 0 Å². The second-order valence-electron chi connectivity index (χ2n) is 3.85. The van der Waals surface area contributed by atoms with E-state index in [1.807, 2.05) is 13.8 Å². The summed E-state index contributed by atoms with van der Waals surface area (Å²) in [6, 6.07) is -0.878. The van der Waals surface area contributed by atoms with Crippen LogP contribution in [0.3, 0.4) is 0 Å². The van der Waals surface area contributed by atoms with E-state index in [1.54, 1.807) is 3.11 Å². The van der Waals surface area contributed by atoms with E-state index >= 15 is 0 Å². The van der Waals surface area contributed by atoms with Crippen LogP contribution >= 0.6 is 0 Å². The molecule has 2 unspecified atom stereocenters. The molecule has 0 rings (SSSR count). The van der Waals surface area contributed by atoms with Crippen LogP contribution in [0.4, 0.5) is 13.2 Å². The molecule has 0 spiro atoms. The summed E-state index contributed by atoms with van der Waals surface area (Å²) in [6.07, 6.45) is -3.60. The number of likely N-dealkylation sites (N-methyl/N-ethyl adjacent to an activating group) is 1. The molecule has 2 nitrogen and oxygen atoms in total. The molecule has 0 aromatic rings. The third-order valence-corrected chi connectivity index (χ3v) is 6.49. The van der Waals surface area contributed by atoms with Gasteiger partial charge in [0.25, 0.3) is 0 Å². The molecule has 0 aliphatic rings. The molecule has 0 aliphatic heterocycles. The van der Waals surface area contributed by atoms with Crippen molar-refractivity contribution in [2.24, 2.45) is 0 Å². The van der Waals surface area contributed by atoms with Crippen molar-refractivity contribution < 1.29 is 39.8 Å². The Morgan fingerprint density at radius 2 is 1.81 bits per heavy atom. The number of hydrogen-bond acceptors (Lipinski definition) is 2. The molecule has 0 saturated heterocycles. The maximum atomic E-state index is 12.6.